The van der Waals surface area contributed by atoms with Gasteiger partial charge in [0.1, 0.15) is 10.6 Å². The van der Waals surface area contributed by atoms with E-state index in [1.165, 1.54) is 8.99 Å². The molecule has 1 saturated heterocycles. The minimum atomic E-state index is -3.65. The number of aromatic nitrogens is 4. The van der Waals surface area contributed by atoms with Crippen molar-refractivity contribution in [1.82, 2.24) is 28.8 Å². The molecule has 2 aromatic rings. The predicted molar refractivity (Wildman–Crippen MR) is 100.0 cm³/mol. The van der Waals surface area contributed by atoms with Crippen LogP contribution in [0.3, 0.4) is 0 Å². The highest BCUT2D eigenvalue weighted by molar-refractivity contribution is 7.89. The second kappa shape index (κ2) is 7.08. The van der Waals surface area contributed by atoms with Gasteiger partial charge in [0.15, 0.2) is 0 Å². The molecule has 3 heterocycles. The van der Waals surface area contributed by atoms with E-state index >= 15 is 0 Å². The molecule has 0 atom stereocenters. The van der Waals surface area contributed by atoms with E-state index in [-0.39, 0.29) is 29.9 Å². The Hall–Kier alpha value is -2.20. The van der Waals surface area contributed by atoms with Gasteiger partial charge in [0.25, 0.3) is 5.91 Å². The van der Waals surface area contributed by atoms with E-state index in [0.29, 0.717) is 30.2 Å². The van der Waals surface area contributed by atoms with Gasteiger partial charge in [-0.05, 0) is 33.8 Å². The number of sulfonamides is 1. The van der Waals surface area contributed by atoms with E-state index < -0.39 is 10.0 Å². The maximum absolute atomic E-state index is 13.2. The van der Waals surface area contributed by atoms with E-state index in [9.17, 15) is 13.2 Å². The molecular formula is C17H26N6O3S. The van der Waals surface area contributed by atoms with Gasteiger partial charge in [-0.1, -0.05) is 0 Å². The van der Waals surface area contributed by atoms with Crippen LogP contribution in [0.4, 0.5) is 0 Å². The van der Waals surface area contributed by atoms with Crippen LogP contribution in [-0.4, -0.2) is 69.3 Å². The number of aryl methyl sites for hydroxylation is 2. The minimum absolute atomic E-state index is 0.0843. The molecule has 10 heteroatoms. The van der Waals surface area contributed by atoms with Crippen molar-refractivity contribution in [3.05, 3.63) is 29.3 Å². The van der Waals surface area contributed by atoms with Crippen LogP contribution in [0.25, 0.3) is 0 Å². The van der Waals surface area contributed by atoms with Gasteiger partial charge in [-0.25, -0.2) is 8.42 Å². The smallest absolute Gasteiger partial charge is 0.272 e. The number of nitrogens with zero attached hydrogens (tertiary/aromatic N) is 6. The SMILES string of the molecule is Cc1nn(C(C)C)c(C)c1S(=O)(=O)N1CCN(C(=O)c2ccnn2C)CC1. The van der Waals surface area contributed by atoms with Crippen molar-refractivity contribution >= 4 is 15.9 Å². The van der Waals surface area contributed by atoms with Gasteiger partial charge in [-0.15, -0.1) is 0 Å². The van der Waals surface area contributed by atoms with Crippen LogP contribution >= 0.6 is 0 Å². The van der Waals surface area contributed by atoms with Crippen molar-refractivity contribution in [2.45, 2.75) is 38.6 Å². The molecule has 0 N–H and O–H groups in total. The largest absolute Gasteiger partial charge is 0.335 e. The predicted octanol–water partition coefficient (Wildman–Crippen LogP) is 0.961. The number of carbonyl (C=O) groups is 1. The fraction of sp³-hybridized carbons (Fsp3) is 0.588. The van der Waals surface area contributed by atoms with Crippen LogP contribution < -0.4 is 0 Å². The average Bonchev–Trinajstić information content (AvgIpc) is 3.17. The first kappa shape index (κ1) is 19.6. The van der Waals surface area contributed by atoms with E-state index in [0.717, 1.165) is 0 Å². The summed E-state index contributed by atoms with van der Waals surface area (Å²) in [7, 11) is -1.94. The summed E-state index contributed by atoms with van der Waals surface area (Å²) >= 11 is 0. The lowest BCUT2D eigenvalue weighted by atomic mass is 10.3. The first-order chi connectivity index (χ1) is 12.6. The van der Waals surface area contributed by atoms with Gasteiger partial charge >= 0.3 is 0 Å². The Kier molecular flexibility index (Phi) is 5.13. The van der Waals surface area contributed by atoms with Gasteiger partial charge < -0.3 is 4.90 Å². The first-order valence-corrected chi connectivity index (χ1v) is 10.4. The Morgan fingerprint density at radius 3 is 2.26 bits per heavy atom. The molecule has 0 aromatic carbocycles. The first-order valence-electron chi connectivity index (χ1n) is 8.97. The van der Waals surface area contributed by atoms with Crippen LogP contribution in [0, 0.1) is 13.8 Å². The van der Waals surface area contributed by atoms with Crippen LogP contribution in [0.15, 0.2) is 17.2 Å². The topological polar surface area (TPSA) is 93.3 Å². The highest BCUT2D eigenvalue weighted by atomic mass is 32.2. The number of rotatable bonds is 4. The van der Waals surface area contributed by atoms with Crippen LogP contribution in [0.2, 0.25) is 0 Å². The lowest BCUT2D eigenvalue weighted by molar-refractivity contribution is 0.0686. The van der Waals surface area contributed by atoms with Crippen molar-refractivity contribution in [3.63, 3.8) is 0 Å². The second-order valence-electron chi connectivity index (χ2n) is 7.07. The lowest BCUT2D eigenvalue weighted by Gasteiger charge is -2.34. The maximum atomic E-state index is 13.2. The van der Waals surface area contributed by atoms with Crippen LogP contribution in [0.1, 0.15) is 41.8 Å². The number of hydrogen-bond donors (Lipinski definition) is 0. The maximum Gasteiger partial charge on any atom is 0.272 e. The van der Waals surface area contributed by atoms with E-state index in [1.54, 1.807) is 42.7 Å². The van der Waals surface area contributed by atoms with Crippen molar-refractivity contribution in [1.29, 1.82) is 0 Å². The fourth-order valence-electron chi connectivity index (χ4n) is 3.53. The summed E-state index contributed by atoms with van der Waals surface area (Å²) in [5.41, 5.74) is 1.65. The summed E-state index contributed by atoms with van der Waals surface area (Å²) in [6, 6.07) is 1.75. The highest BCUT2D eigenvalue weighted by Crippen LogP contribution is 2.26. The molecule has 1 fully saturated rings. The Balaban J connectivity index is 1.78. The van der Waals surface area contributed by atoms with Crippen molar-refractivity contribution < 1.29 is 13.2 Å². The van der Waals surface area contributed by atoms with Gasteiger partial charge in [0.2, 0.25) is 10.0 Å². The zero-order valence-electron chi connectivity index (χ0n) is 16.4. The zero-order chi connectivity index (χ0) is 19.9. The fourth-order valence-corrected chi connectivity index (χ4v) is 5.31. The summed E-state index contributed by atoms with van der Waals surface area (Å²) < 4.78 is 31.1. The molecule has 2 aromatic heterocycles. The summed E-state index contributed by atoms with van der Waals surface area (Å²) in [6.07, 6.45) is 1.58. The molecule has 1 aliphatic rings. The van der Waals surface area contributed by atoms with Crippen molar-refractivity contribution in [2.75, 3.05) is 26.2 Å². The Morgan fingerprint density at radius 2 is 1.78 bits per heavy atom. The van der Waals surface area contributed by atoms with Gasteiger partial charge in [-0.2, -0.15) is 14.5 Å². The summed E-state index contributed by atoms with van der Waals surface area (Å²) in [6.45, 7) is 8.67. The standard InChI is InChI=1S/C17H26N6O3S/c1-12(2)23-14(4)16(13(3)19-23)27(25,26)22-10-8-21(9-11-22)17(24)15-6-7-18-20(15)5/h6-7,12H,8-11H2,1-5H3. The molecule has 0 bridgehead atoms. The monoisotopic (exact) mass is 394 g/mol. The third-order valence-electron chi connectivity index (χ3n) is 4.91. The molecule has 1 aliphatic heterocycles. The third kappa shape index (κ3) is 3.39. The number of piperazine rings is 1. The number of carbonyl (C=O) groups excluding carboxylic acids is 1. The summed E-state index contributed by atoms with van der Waals surface area (Å²) in [5, 5.41) is 8.41. The van der Waals surface area contributed by atoms with Gasteiger partial charge in [-0.3, -0.25) is 14.2 Å². The molecule has 0 saturated carbocycles. The summed E-state index contributed by atoms with van der Waals surface area (Å²) in [5.74, 6) is -0.132. The van der Waals surface area contributed by atoms with E-state index in [1.807, 2.05) is 13.8 Å². The van der Waals surface area contributed by atoms with Gasteiger partial charge in [0, 0.05) is 45.5 Å². The third-order valence-corrected chi connectivity index (χ3v) is 7.06. The van der Waals surface area contributed by atoms with Crippen molar-refractivity contribution in [2.24, 2.45) is 7.05 Å². The molecule has 0 spiro atoms. The molecular weight excluding hydrogens is 368 g/mol. The molecule has 27 heavy (non-hydrogen) atoms. The van der Waals surface area contributed by atoms with Crippen molar-refractivity contribution in [3.8, 4) is 0 Å². The number of hydrogen-bond acceptors (Lipinski definition) is 5. The molecule has 148 valence electrons. The molecule has 1 amide bonds. The minimum Gasteiger partial charge on any atom is -0.335 e. The Morgan fingerprint density at radius 1 is 1.15 bits per heavy atom. The van der Waals surface area contributed by atoms with E-state index in [4.69, 9.17) is 0 Å². The average molecular weight is 395 g/mol. The van der Waals surface area contributed by atoms with Gasteiger partial charge in [0.05, 0.1) is 11.4 Å². The van der Waals surface area contributed by atoms with E-state index in [2.05, 4.69) is 10.2 Å². The molecule has 0 radical (unpaired) electrons. The lowest BCUT2D eigenvalue weighted by Crippen LogP contribution is -2.50. The zero-order valence-corrected chi connectivity index (χ0v) is 17.2. The Labute approximate surface area is 159 Å². The van der Waals surface area contributed by atoms with Crippen LogP contribution in [-0.2, 0) is 17.1 Å². The molecule has 9 nitrogen and oxygen atoms in total. The normalized spacial score (nSPS) is 16.3. The van der Waals surface area contributed by atoms with Crippen LogP contribution in [0.5, 0.6) is 0 Å². The highest BCUT2D eigenvalue weighted by Gasteiger charge is 2.34. The molecule has 0 aliphatic carbocycles. The second-order valence-corrected chi connectivity index (χ2v) is 8.95. The molecule has 3 rings (SSSR count). The summed E-state index contributed by atoms with van der Waals surface area (Å²) in [4.78, 5) is 14.5. The number of amides is 1. The molecule has 0 unspecified atom stereocenters. The quantitative estimate of drug-likeness (QED) is 0.770. The Bertz CT molecular complexity index is 951.